The lowest BCUT2D eigenvalue weighted by atomic mass is 10.0. The van der Waals surface area contributed by atoms with Gasteiger partial charge >= 0.3 is 0 Å². The minimum atomic E-state index is 0.550. The first-order valence-corrected chi connectivity index (χ1v) is 16.8. The van der Waals surface area contributed by atoms with E-state index in [-0.39, 0.29) is 0 Å². The third kappa shape index (κ3) is 4.03. The summed E-state index contributed by atoms with van der Waals surface area (Å²) in [6.07, 6.45) is 0. The Morgan fingerprint density at radius 2 is 1.22 bits per heavy atom. The quantitative estimate of drug-likeness (QED) is 0.190. The number of fused-ring (bicyclic) bond motifs is 11. The van der Waals surface area contributed by atoms with Crippen LogP contribution in [-0.2, 0) is 0 Å². The van der Waals surface area contributed by atoms with Gasteiger partial charge < -0.3 is 8.83 Å². The molecule has 0 aliphatic heterocycles. The van der Waals surface area contributed by atoms with Crippen molar-refractivity contribution >= 4 is 76.6 Å². The largest absolute Gasteiger partial charge is 0.456 e. The SMILES string of the molecule is N#Cc1ccc(-c2ccc(-c3nc(-n4c5ccccc5c5ccc6oc7ccccc7c6c54)nc4c3oc3cc5ccccc5cc34)cc2)cc1. The number of para-hydroxylation sites is 2. The Kier molecular flexibility index (Phi) is 5.64. The Bertz CT molecular complexity index is 3250. The van der Waals surface area contributed by atoms with Crippen LogP contribution in [0.4, 0.5) is 0 Å². The molecule has 0 aliphatic rings. The van der Waals surface area contributed by atoms with Crippen molar-refractivity contribution in [2.45, 2.75) is 0 Å². The topological polar surface area (TPSA) is 80.8 Å². The number of furan rings is 2. The van der Waals surface area contributed by atoms with Crippen LogP contribution in [0.15, 0.2) is 154 Å². The molecule has 11 rings (SSSR count). The summed E-state index contributed by atoms with van der Waals surface area (Å²) in [7, 11) is 0. The normalized spacial score (nSPS) is 11.9. The smallest absolute Gasteiger partial charge is 0.236 e. The van der Waals surface area contributed by atoms with Crippen molar-refractivity contribution in [3.63, 3.8) is 0 Å². The molecule has 0 unspecified atom stereocenters. The molecule has 0 spiro atoms. The van der Waals surface area contributed by atoms with Gasteiger partial charge in [-0.3, -0.25) is 4.57 Å². The molecule has 51 heavy (non-hydrogen) atoms. The van der Waals surface area contributed by atoms with E-state index in [0.29, 0.717) is 22.8 Å². The van der Waals surface area contributed by atoms with Crippen LogP contribution >= 0.6 is 0 Å². The molecule has 0 aliphatic carbocycles. The average molecular weight is 653 g/mol. The fourth-order valence-corrected chi connectivity index (χ4v) is 7.64. The first-order chi connectivity index (χ1) is 25.2. The molecule has 7 aromatic carbocycles. The molecule has 11 aromatic rings. The van der Waals surface area contributed by atoms with E-state index in [4.69, 9.17) is 18.8 Å². The van der Waals surface area contributed by atoms with Crippen molar-refractivity contribution in [1.82, 2.24) is 14.5 Å². The van der Waals surface area contributed by atoms with E-state index in [1.807, 2.05) is 48.5 Å². The van der Waals surface area contributed by atoms with Crippen LogP contribution in [0.3, 0.4) is 0 Å². The van der Waals surface area contributed by atoms with Gasteiger partial charge in [0.15, 0.2) is 5.58 Å². The van der Waals surface area contributed by atoms with Gasteiger partial charge in [-0.15, -0.1) is 0 Å². The maximum Gasteiger partial charge on any atom is 0.236 e. The van der Waals surface area contributed by atoms with E-state index < -0.39 is 0 Å². The van der Waals surface area contributed by atoms with E-state index in [1.165, 1.54) is 0 Å². The highest BCUT2D eigenvalue weighted by Crippen LogP contribution is 2.42. The molecule has 0 saturated heterocycles. The zero-order valence-corrected chi connectivity index (χ0v) is 27.0. The van der Waals surface area contributed by atoms with Crippen LogP contribution in [0.2, 0.25) is 0 Å². The molecule has 0 amide bonds. The summed E-state index contributed by atoms with van der Waals surface area (Å²) in [5.41, 5.74) is 10.1. The number of benzene rings is 7. The van der Waals surface area contributed by atoms with Crippen molar-refractivity contribution < 1.29 is 8.83 Å². The molecule has 0 radical (unpaired) electrons. The first-order valence-electron chi connectivity index (χ1n) is 16.8. The van der Waals surface area contributed by atoms with E-state index in [9.17, 15) is 5.26 Å². The molecule has 236 valence electrons. The van der Waals surface area contributed by atoms with Crippen LogP contribution in [0.25, 0.3) is 105 Å². The maximum atomic E-state index is 9.27. The molecule has 6 heteroatoms. The van der Waals surface area contributed by atoms with Gasteiger partial charge in [-0.05, 0) is 70.4 Å². The lowest BCUT2D eigenvalue weighted by Crippen LogP contribution is -2.03. The molecule has 6 nitrogen and oxygen atoms in total. The van der Waals surface area contributed by atoms with Crippen LogP contribution in [0.1, 0.15) is 5.56 Å². The third-order valence-electron chi connectivity index (χ3n) is 10.0. The number of hydrogen-bond donors (Lipinski definition) is 0. The highest BCUT2D eigenvalue weighted by Gasteiger charge is 2.24. The predicted molar refractivity (Wildman–Crippen MR) is 204 cm³/mol. The Morgan fingerprint density at radius 3 is 2.02 bits per heavy atom. The summed E-state index contributed by atoms with van der Waals surface area (Å²) in [5.74, 6) is 0.550. The van der Waals surface area contributed by atoms with Crippen molar-refractivity contribution in [2.75, 3.05) is 0 Å². The second kappa shape index (κ2) is 10.4. The molecule has 0 bridgehead atoms. The van der Waals surface area contributed by atoms with Crippen molar-refractivity contribution in [1.29, 1.82) is 5.26 Å². The van der Waals surface area contributed by atoms with Crippen LogP contribution in [-0.4, -0.2) is 14.5 Å². The Balaban J connectivity index is 1.24. The molecule has 4 aromatic heterocycles. The summed E-state index contributed by atoms with van der Waals surface area (Å²) in [6.45, 7) is 0. The van der Waals surface area contributed by atoms with E-state index in [0.717, 1.165) is 87.7 Å². The van der Waals surface area contributed by atoms with Crippen LogP contribution in [0, 0.1) is 11.3 Å². The van der Waals surface area contributed by atoms with Gasteiger partial charge in [0, 0.05) is 27.1 Å². The van der Waals surface area contributed by atoms with Gasteiger partial charge in [-0.25, -0.2) is 9.97 Å². The second-order valence-corrected chi connectivity index (χ2v) is 12.9. The summed E-state index contributed by atoms with van der Waals surface area (Å²) < 4.78 is 15.2. The molecular weight excluding hydrogens is 629 g/mol. The number of rotatable bonds is 3. The van der Waals surface area contributed by atoms with Crippen molar-refractivity contribution in [2.24, 2.45) is 0 Å². The minimum Gasteiger partial charge on any atom is -0.456 e. The Morgan fingerprint density at radius 1 is 0.529 bits per heavy atom. The summed E-state index contributed by atoms with van der Waals surface area (Å²) >= 11 is 0. The van der Waals surface area contributed by atoms with Crippen molar-refractivity contribution in [3.05, 3.63) is 151 Å². The fraction of sp³-hybridized carbons (Fsp3) is 0. The molecular formula is C45H24N4O2. The van der Waals surface area contributed by atoms with E-state index in [2.05, 4.69) is 108 Å². The lowest BCUT2D eigenvalue weighted by Gasteiger charge is -2.10. The molecule has 4 heterocycles. The van der Waals surface area contributed by atoms with Gasteiger partial charge in [0.05, 0.1) is 28.1 Å². The second-order valence-electron chi connectivity index (χ2n) is 12.9. The highest BCUT2D eigenvalue weighted by molar-refractivity contribution is 6.24. The number of aromatic nitrogens is 3. The third-order valence-corrected chi connectivity index (χ3v) is 10.0. The standard InChI is InChI=1S/C45H24N4O2/c46-25-26-13-15-27(16-14-26)28-17-19-29(20-18-28)41-44-42(35-23-30-7-1-2-8-31(30)24-39(35)51-44)48-45(47-41)49-36-11-5-3-9-32(36)33-21-22-38-40(43(33)49)34-10-4-6-12-37(34)50-38/h1-24H. The Labute approximate surface area is 290 Å². The predicted octanol–water partition coefficient (Wildman–Crippen LogP) is 11.7. The minimum absolute atomic E-state index is 0.550. The number of nitrogens with zero attached hydrogens (tertiary/aromatic N) is 4. The maximum absolute atomic E-state index is 9.27. The van der Waals surface area contributed by atoms with E-state index >= 15 is 0 Å². The molecule has 0 atom stereocenters. The first kappa shape index (κ1) is 27.7. The molecule has 0 N–H and O–H groups in total. The van der Waals surface area contributed by atoms with E-state index in [1.54, 1.807) is 0 Å². The van der Waals surface area contributed by atoms with Crippen molar-refractivity contribution in [3.8, 4) is 34.4 Å². The van der Waals surface area contributed by atoms with Gasteiger partial charge in [-0.1, -0.05) is 97.1 Å². The number of hydrogen-bond acceptors (Lipinski definition) is 5. The number of nitriles is 1. The average Bonchev–Trinajstić information content (AvgIpc) is 3.86. The Hall–Kier alpha value is -7.23. The molecule has 0 saturated carbocycles. The lowest BCUT2D eigenvalue weighted by molar-refractivity contribution is 0.667. The zero-order chi connectivity index (χ0) is 33.6. The van der Waals surface area contributed by atoms with Crippen LogP contribution in [0.5, 0.6) is 0 Å². The molecule has 0 fully saturated rings. The van der Waals surface area contributed by atoms with Gasteiger partial charge in [0.2, 0.25) is 5.95 Å². The van der Waals surface area contributed by atoms with Gasteiger partial charge in [0.1, 0.15) is 28.0 Å². The summed E-state index contributed by atoms with van der Waals surface area (Å²) in [6, 6.07) is 51.5. The fourth-order valence-electron chi connectivity index (χ4n) is 7.64. The van der Waals surface area contributed by atoms with Gasteiger partial charge in [0.25, 0.3) is 0 Å². The monoisotopic (exact) mass is 652 g/mol. The summed E-state index contributed by atoms with van der Waals surface area (Å²) in [4.78, 5) is 10.7. The zero-order valence-electron chi connectivity index (χ0n) is 27.0. The van der Waals surface area contributed by atoms with Gasteiger partial charge in [-0.2, -0.15) is 5.26 Å². The highest BCUT2D eigenvalue weighted by atomic mass is 16.3. The van der Waals surface area contributed by atoms with Crippen LogP contribution < -0.4 is 0 Å². The summed E-state index contributed by atoms with van der Waals surface area (Å²) in [5, 5.41) is 16.7.